The van der Waals surface area contributed by atoms with Crippen molar-refractivity contribution >= 4 is 5.91 Å². The lowest BCUT2D eigenvalue weighted by molar-refractivity contribution is -0.131. The summed E-state index contributed by atoms with van der Waals surface area (Å²) in [7, 11) is 0. The molecule has 0 spiro atoms. The summed E-state index contributed by atoms with van der Waals surface area (Å²) in [5.41, 5.74) is 2.72. The van der Waals surface area contributed by atoms with Crippen molar-refractivity contribution < 1.29 is 9.18 Å². The van der Waals surface area contributed by atoms with Crippen LogP contribution >= 0.6 is 0 Å². The minimum Gasteiger partial charge on any atom is -0.342 e. The molecule has 0 saturated carbocycles. The number of carbonyl (C=O) groups excluding carboxylic acids is 1. The average Bonchev–Trinajstić information content (AvgIpc) is 2.75. The topological polar surface area (TPSA) is 59.0 Å². The minimum atomic E-state index is -0.314. The maximum atomic E-state index is 14.3. The van der Waals surface area contributed by atoms with Gasteiger partial charge >= 0.3 is 0 Å². The number of nitrogens with zero attached hydrogens (tertiary/aromatic N) is 4. The van der Waals surface area contributed by atoms with Gasteiger partial charge in [-0.1, -0.05) is 12.1 Å². The second kappa shape index (κ2) is 8.25. The van der Waals surface area contributed by atoms with Crippen LogP contribution in [-0.4, -0.2) is 38.8 Å². The predicted molar refractivity (Wildman–Crippen MR) is 104 cm³/mol. The molecular weight excluding hydrogens is 355 g/mol. The first kappa shape index (κ1) is 18.2. The molecule has 0 radical (unpaired) electrons. The highest BCUT2D eigenvalue weighted by atomic mass is 19.1. The molecular formula is C22H21FN4O. The van der Waals surface area contributed by atoms with E-state index in [4.69, 9.17) is 0 Å². The molecule has 28 heavy (non-hydrogen) atoms. The SMILES string of the molecule is O=C(Cc1ccncc1)N1CCC[C@H](c2nccnc2-c2ccccc2F)C1. The number of benzene rings is 1. The zero-order valence-corrected chi connectivity index (χ0v) is 15.5. The van der Waals surface area contributed by atoms with Gasteiger partial charge in [0.2, 0.25) is 5.91 Å². The molecule has 0 unspecified atom stereocenters. The van der Waals surface area contributed by atoms with E-state index >= 15 is 0 Å². The number of hydrogen-bond donors (Lipinski definition) is 0. The van der Waals surface area contributed by atoms with Gasteiger partial charge in [0.05, 0.1) is 17.8 Å². The van der Waals surface area contributed by atoms with Gasteiger partial charge in [-0.2, -0.15) is 0 Å². The number of amides is 1. The van der Waals surface area contributed by atoms with Crippen LogP contribution in [0.25, 0.3) is 11.3 Å². The van der Waals surface area contributed by atoms with Crippen molar-refractivity contribution in [3.8, 4) is 11.3 Å². The van der Waals surface area contributed by atoms with Crippen LogP contribution in [0.2, 0.25) is 0 Å². The summed E-state index contributed by atoms with van der Waals surface area (Å²) in [6.07, 6.45) is 8.76. The summed E-state index contributed by atoms with van der Waals surface area (Å²) in [5.74, 6) is -0.184. The maximum absolute atomic E-state index is 14.3. The highest BCUT2D eigenvalue weighted by Crippen LogP contribution is 2.32. The van der Waals surface area contributed by atoms with E-state index in [-0.39, 0.29) is 17.6 Å². The molecule has 3 aromatic rings. The molecule has 0 bridgehead atoms. The van der Waals surface area contributed by atoms with E-state index in [1.807, 2.05) is 17.0 Å². The molecule has 4 rings (SSSR count). The Kier molecular flexibility index (Phi) is 5.37. The first-order valence-corrected chi connectivity index (χ1v) is 9.45. The van der Waals surface area contributed by atoms with Crippen LogP contribution in [-0.2, 0) is 11.2 Å². The summed E-state index contributed by atoms with van der Waals surface area (Å²) in [6.45, 7) is 1.31. The smallest absolute Gasteiger partial charge is 0.227 e. The van der Waals surface area contributed by atoms with Gasteiger partial charge in [0.25, 0.3) is 0 Å². The second-order valence-corrected chi connectivity index (χ2v) is 6.98. The van der Waals surface area contributed by atoms with E-state index in [0.717, 1.165) is 30.6 Å². The molecule has 6 heteroatoms. The zero-order valence-electron chi connectivity index (χ0n) is 15.5. The van der Waals surface area contributed by atoms with E-state index < -0.39 is 0 Å². The quantitative estimate of drug-likeness (QED) is 0.698. The predicted octanol–water partition coefficient (Wildman–Crippen LogP) is 3.63. The summed E-state index contributed by atoms with van der Waals surface area (Å²) in [4.78, 5) is 27.6. The Morgan fingerprint density at radius 3 is 2.68 bits per heavy atom. The molecule has 0 N–H and O–H groups in total. The minimum absolute atomic E-state index is 0.0402. The molecule has 0 aliphatic carbocycles. The van der Waals surface area contributed by atoms with Crippen LogP contribution in [0.15, 0.2) is 61.2 Å². The van der Waals surface area contributed by atoms with Gasteiger partial charge < -0.3 is 4.90 Å². The van der Waals surface area contributed by atoms with E-state index in [2.05, 4.69) is 15.0 Å². The first-order chi connectivity index (χ1) is 13.7. The van der Waals surface area contributed by atoms with Gasteiger partial charge in [0.1, 0.15) is 5.82 Å². The van der Waals surface area contributed by atoms with Crippen LogP contribution in [0.5, 0.6) is 0 Å². The molecule has 1 fully saturated rings. The third-order valence-corrected chi connectivity index (χ3v) is 5.12. The molecule has 1 aliphatic heterocycles. The molecule has 1 saturated heterocycles. The molecule has 5 nitrogen and oxygen atoms in total. The van der Waals surface area contributed by atoms with E-state index in [9.17, 15) is 9.18 Å². The van der Waals surface area contributed by atoms with Crippen LogP contribution in [0.3, 0.4) is 0 Å². The maximum Gasteiger partial charge on any atom is 0.227 e. The Labute approximate surface area is 163 Å². The van der Waals surface area contributed by atoms with Crippen LogP contribution in [0.1, 0.15) is 30.0 Å². The van der Waals surface area contributed by atoms with Crippen molar-refractivity contribution in [2.24, 2.45) is 0 Å². The number of piperidine rings is 1. The molecule has 2 aromatic heterocycles. The first-order valence-electron chi connectivity index (χ1n) is 9.45. The Bertz CT molecular complexity index is 964. The van der Waals surface area contributed by atoms with Crippen LogP contribution in [0, 0.1) is 5.82 Å². The lowest BCUT2D eigenvalue weighted by atomic mass is 9.91. The van der Waals surface area contributed by atoms with Gasteiger partial charge in [-0.25, -0.2) is 4.39 Å². The summed E-state index contributed by atoms with van der Waals surface area (Å²) in [6, 6.07) is 10.3. The Morgan fingerprint density at radius 2 is 1.86 bits per heavy atom. The Morgan fingerprint density at radius 1 is 1.07 bits per heavy atom. The van der Waals surface area contributed by atoms with Gasteiger partial charge in [-0.05, 0) is 42.7 Å². The standard InChI is InChI=1S/C22H21FN4O/c23-19-6-2-1-5-18(19)22-21(25-11-12-26-22)17-4-3-13-27(15-17)20(28)14-16-7-9-24-10-8-16/h1-2,5-12,17H,3-4,13-15H2/t17-/m0/s1. The number of halogens is 1. The third kappa shape index (κ3) is 3.91. The summed E-state index contributed by atoms with van der Waals surface area (Å²) >= 11 is 0. The van der Waals surface area contributed by atoms with E-state index in [1.165, 1.54) is 6.07 Å². The fraction of sp³-hybridized carbons (Fsp3) is 0.273. The van der Waals surface area contributed by atoms with E-state index in [0.29, 0.717) is 24.2 Å². The van der Waals surface area contributed by atoms with Gasteiger partial charge in [0.15, 0.2) is 0 Å². The number of rotatable bonds is 4. The normalized spacial score (nSPS) is 16.8. The lowest BCUT2D eigenvalue weighted by Gasteiger charge is -2.33. The number of likely N-dealkylation sites (tertiary alicyclic amines) is 1. The van der Waals surface area contributed by atoms with Crippen molar-refractivity contribution in [3.63, 3.8) is 0 Å². The fourth-order valence-corrected chi connectivity index (χ4v) is 3.72. The summed E-state index contributed by atoms with van der Waals surface area (Å²) < 4.78 is 14.3. The number of hydrogen-bond acceptors (Lipinski definition) is 4. The van der Waals surface area contributed by atoms with Crippen molar-refractivity contribution in [2.45, 2.75) is 25.2 Å². The van der Waals surface area contributed by atoms with Crippen molar-refractivity contribution in [2.75, 3.05) is 13.1 Å². The highest BCUT2D eigenvalue weighted by Gasteiger charge is 2.28. The monoisotopic (exact) mass is 376 g/mol. The van der Waals surface area contributed by atoms with Crippen molar-refractivity contribution in [1.29, 1.82) is 0 Å². The molecule has 142 valence electrons. The van der Waals surface area contributed by atoms with Gasteiger partial charge in [0, 0.05) is 49.4 Å². The molecule has 1 atom stereocenters. The lowest BCUT2D eigenvalue weighted by Crippen LogP contribution is -2.40. The largest absolute Gasteiger partial charge is 0.342 e. The van der Waals surface area contributed by atoms with Gasteiger partial charge in [-0.3, -0.25) is 19.7 Å². The van der Waals surface area contributed by atoms with Gasteiger partial charge in [-0.15, -0.1) is 0 Å². The number of aromatic nitrogens is 3. The summed E-state index contributed by atoms with van der Waals surface area (Å²) in [5, 5.41) is 0. The molecule has 1 amide bonds. The van der Waals surface area contributed by atoms with Crippen LogP contribution < -0.4 is 0 Å². The van der Waals surface area contributed by atoms with Crippen molar-refractivity contribution in [3.05, 3.63) is 78.3 Å². The zero-order chi connectivity index (χ0) is 19.3. The second-order valence-electron chi connectivity index (χ2n) is 6.98. The Balaban J connectivity index is 1.56. The number of carbonyl (C=O) groups is 1. The average molecular weight is 376 g/mol. The molecule has 1 aliphatic rings. The van der Waals surface area contributed by atoms with E-state index in [1.54, 1.807) is 43.0 Å². The molecule has 1 aromatic carbocycles. The van der Waals surface area contributed by atoms with Crippen molar-refractivity contribution in [1.82, 2.24) is 19.9 Å². The highest BCUT2D eigenvalue weighted by molar-refractivity contribution is 5.79. The Hall–Kier alpha value is -3.15. The fourth-order valence-electron chi connectivity index (χ4n) is 3.72. The number of pyridine rings is 1. The third-order valence-electron chi connectivity index (χ3n) is 5.12. The molecule has 3 heterocycles. The van der Waals surface area contributed by atoms with Crippen LogP contribution in [0.4, 0.5) is 4.39 Å².